The number of nitrogens with zero attached hydrogens (tertiary/aromatic N) is 3. The van der Waals surface area contributed by atoms with Crippen LogP contribution in [-0.4, -0.2) is 60.5 Å². The second-order valence-corrected chi connectivity index (χ2v) is 7.30. The second kappa shape index (κ2) is 11.1. The first-order valence-corrected chi connectivity index (χ1v) is 10.4. The van der Waals surface area contributed by atoms with Crippen LogP contribution in [0.4, 0.5) is 11.9 Å². The molecular weight excluding hydrogens is 364 g/mol. The van der Waals surface area contributed by atoms with E-state index in [2.05, 4.69) is 25.6 Å². The van der Waals surface area contributed by atoms with Crippen molar-refractivity contribution in [3.8, 4) is 10.7 Å². The van der Waals surface area contributed by atoms with Crippen LogP contribution in [0.3, 0.4) is 0 Å². The molecule has 1 aliphatic carbocycles. The lowest BCUT2D eigenvalue weighted by molar-refractivity contribution is 0.0547. The molecule has 1 aliphatic rings. The monoisotopic (exact) mass is 392 g/mol. The Hall–Kier alpha value is -1.81. The van der Waals surface area contributed by atoms with E-state index >= 15 is 0 Å². The molecular formula is C18H28N6O2S. The van der Waals surface area contributed by atoms with Crippen molar-refractivity contribution in [3.05, 3.63) is 17.5 Å². The van der Waals surface area contributed by atoms with Crippen LogP contribution in [-0.2, 0) is 9.47 Å². The average molecular weight is 393 g/mol. The van der Waals surface area contributed by atoms with E-state index < -0.39 is 0 Å². The molecule has 2 heterocycles. The molecule has 0 radical (unpaired) electrons. The topological polar surface area (TPSA) is 107 Å². The van der Waals surface area contributed by atoms with Gasteiger partial charge in [0.05, 0.1) is 31.3 Å². The largest absolute Gasteiger partial charge is 0.378 e. The van der Waals surface area contributed by atoms with Gasteiger partial charge >= 0.3 is 0 Å². The second-order valence-electron chi connectivity index (χ2n) is 6.35. The summed E-state index contributed by atoms with van der Waals surface area (Å²) in [5.41, 5.74) is 5.37. The van der Waals surface area contributed by atoms with Crippen LogP contribution in [0.15, 0.2) is 17.5 Å². The summed E-state index contributed by atoms with van der Waals surface area (Å²) in [6.45, 7) is 3.37. The maximum absolute atomic E-state index is 5.53. The summed E-state index contributed by atoms with van der Waals surface area (Å²) in [6, 6.07) is 4.48. The zero-order chi connectivity index (χ0) is 18.7. The van der Waals surface area contributed by atoms with Gasteiger partial charge < -0.3 is 25.8 Å². The number of hydrogen-bond acceptors (Lipinski definition) is 9. The lowest BCUT2D eigenvalue weighted by Crippen LogP contribution is -2.19. The third-order valence-corrected chi connectivity index (χ3v) is 5.09. The Morgan fingerprint density at radius 1 is 1.04 bits per heavy atom. The Kier molecular flexibility index (Phi) is 8.22. The number of ether oxygens (including phenoxy) is 2. The van der Waals surface area contributed by atoms with Gasteiger partial charge in [0.2, 0.25) is 11.9 Å². The van der Waals surface area contributed by atoms with Gasteiger partial charge in [-0.05, 0) is 24.3 Å². The number of nitrogens with two attached hydrogens (primary N) is 1. The lowest BCUT2D eigenvalue weighted by Gasteiger charge is -2.14. The lowest BCUT2D eigenvalue weighted by atomic mass is 10.2. The van der Waals surface area contributed by atoms with Gasteiger partial charge in [-0.3, -0.25) is 0 Å². The summed E-state index contributed by atoms with van der Waals surface area (Å²) >= 11 is 1.62. The molecule has 3 rings (SSSR count). The third kappa shape index (κ3) is 6.69. The van der Waals surface area contributed by atoms with E-state index in [1.165, 1.54) is 25.7 Å². The van der Waals surface area contributed by atoms with Gasteiger partial charge in [0.15, 0.2) is 5.82 Å². The molecule has 0 amide bonds. The molecule has 8 nitrogen and oxygen atoms in total. The summed E-state index contributed by atoms with van der Waals surface area (Å²) in [4.78, 5) is 14.7. The summed E-state index contributed by atoms with van der Waals surface area (Å²) in [5, 5.41) is 8.71. The highest BCUT2D eigenvalue weighted by molar-refractivity contribution is 7.13. The van der Waals surface area contributed by atoms with Gasteiger partial charge in [-0.15, -0.1) is 11.3 Å². The molecule has 148 valence electrons. The Bertz CT molecular complexity index is 664. The van der Waals surface area contributed by atoms with E-state index in [4.69, 9.17) is 15.2 Å². The first-order valence-electron chi connectivity index (χ1n) is 9.51. The zero-order valence-corrected chi connectivity index (χ0v) is 16.3. The molecule has 0 aromatic carbocycles. The maximum atomic E-state index is 5.53. The van der Waals surface area contributed by atoms with Gasteiger partial charge in [-0.25, -0.2) is 0 Å². The fourth-order valence-corrected chi connectivity index (χ4v) is 3.59. The number of rotatable bonds is 12. The summed E-state index contributed by atoms with van der Waals surface area (Å²) in [7, 11) is 0. The fourth-order valence-electron chi connectivity index (χ4n) is 2.93. The highest BCUT2D eigenvalue weighted by Gasteiger charge is 2.17. The predicted octanol–water partition coefficient (Wildman–Crippen LogP) is 2.36. The first-order chi connectivity index (χ1) is 13.3. The highest BCUT2D eigenvalue weighted by atomic mass is 32.1. The molecule has 2 aromatic heterocycles. The van der Waals surface area contributed by atoms with Crippen LogP contribution < -0.4 is 16.4 Å². The van der Waals surface area contributed by atoms with Crippen molar-refractivity contribution in [1.82, 2.24) is 15.0 Å². The van der Waals surface area contributed by atoms with Crippen molar-refractivity contribution in [2.75, 3.05) is 50.2 Å². The van der Waals surface area contributed by atoms with Gasteiger partial charge in [-0.1, -0.05) is 18.9 Å². The minimum Gasteiger partial charge on any atom is -0.378 e. The van der Waals surface area contributed by atoms with Gasteiger partial charge in [0.25, 0.3) is 0 Å². The van der Waals surface area contributed by atoms with Crippen LogP contribution in [0.1, 0.15) is 25.7 Å². The molecule has 9 heteroatoms. The molecule has 0 aliphatic heterocycles. The van der Waals surface area contributed by atoms with E-state index in [1.54, 1.807) is 11.3 Å². The molecule has 2 aromatic rings. The minimum atomic E-state index is 0.452. The standard InChI is InChI=1S/C18H28N6O2S/c19-7-9-25-11-12-26-10-8-20-17-22-16(15-6-3-13-27-15)23-18(24-17)21-14-4-1-2-5-14/h3,6,13-14H,1-2,4-5,7-12,19H2,(H2,20,21,22,23,24). The molecule has 0 bridgehead atoms. The molecule has 0 atom stereocenters. The molecule has 27 heavy (non-hydrogen) atoms. The molecule has 0 saturated heterocycles. The number of anilines is 2. The van der Waals surface area contributed by atoms with Crippen molar-refractivity contribution < 1.29 is 9.47 Å². The van der Waals surface area contributed by atoms with E-state index in [-0.39, 0.29) is 0 Å². The van der Waals surface area contributed by atoms with E-state index in [0.29, 0.717) is 63.3 Å². The number of thiophene rings is 1. The summed E-state index contributed by atoms with van der Waals surface area (Å²) in [5.74, 6) is 1.90. The summed E-state index contributed by atoms with van der Waals surface area (Å²) < 4.78 is 10.8. The SMILES string of the molecule is NCCOCCOCCNc1nc(NC2CCCC2)nc(-c2cccs2)n1. The molecule has 1 fully saturated rings. The molecule has 4 N–H and O–H groups in total. The van der Waals surface area contributed by atoms with Crippen LogP contribution in [0.2, 0.25) is 0 Å². The molecule has 0 spiro atoms. The van der Waals surface area contributed by atoms with Gasteiger partial charge in [0, 0.05) is 19.1 Å². The Morgan fingerprint density at radius 3 is 2.56 bits per heavy atom. The van der Waals surface area contributed by atoms with E-state index in [1.807, 2.05) is 17.5 Å². The van der Waals surface area contributed by atoms with E-state index in [0.717, 1.165) is 4.88 Å². The van der Waals surface area contributed by atoms with Crippen LogP contribution in [0.25, 0.3) is 10.7 Å². The van der Waals surface area contributed by atoms with E-state index in [9.17, 15) is 0 Å². The third-order valence-electron chi connectivity index (χ3n) is 4.23. The predicted molar refractivity (Wildman–Crippen MR) is 108 cm³/mol. The smallest absolute Gasteiger partial charge is 0.228 e. The van der Waals surface area contributed by atoms with Crippen LogP contribution >= 0.6 is 11.3 Å². The van der Waals surface area contributed by atoms with Crippen molar-refractivity contribution in [2.45, 2.75) is 31.7 Å². The molecule has 1 saturated carbocycles. The van der Waals surface area contributed by atoms with Crippen molar-refractivity contribution >= 4 is 23.2 Å². The fraction of sp³-hybridized carbons (Fsp3) is 0.611. The quantitative estimate of drug-likeness (QED) is 0.473. The Morgan fingerprint density at radius 2 is 1.81 bits per heavy atom. The summed E-state index contributed by atoms with van der Waals surface area (Å²) in [6.07, 6.45) is 4.86. The van der Waals surface area contributed by atoms with Crippen molar-refractivity contribution in [1.29, 1.82) is 0 Å². The average Bonchev–Trinajstić information content (AvgIpc) is 3.38. The van der Waals surface area contributed by atoms with Crippen LogP contribution in [0, 0.1) is 0 Å². The Balaban J connectivity index is 1.54. The van der Waals surface area contributed by atoms with Crippen molar-refractivity contribution in [2.24, 2.45) is 5.73 Å². The number of hydrogen-bond donors (Lipinski definition) is 3. The number of nitrogens with one attached hydrogen (secondary N) is 2. The van der Waals surface area contributed by atoms with Crippen molar-refractivity contribution in [3.63, 3.8) is 0 Å². The number of aromatic nitrogens is 3. The molecule has 0 unspecified atom stereocenters. The first kappa shape index (κ1) is 19.9. The van der Waals surface area contributed by atoms with Gasteiger partial charge in [-0.2, -0.15) is 15.0 Å². The van der Waals surface area contributed by atoms with Crippen LogP contribution in [0.5, 0.6) is 0 Å². The van der Waals surface area contributed by atoms with Gasteiger partial charge in [0.1, 0.15) is 0 Å². The maximum Gasteiger partial charge on any atom is 0.228 e. The zero-order valence-electron chi connectivity index (χ0n) is 15.5. The Labute approximate surface area is 163 Å². The normalized spacial score (nSPS) is 14.6. The highest BCUT2D eigenvalue weighted by Crippen LogP contribution is 2.25. The minimum absolute atomic E-state index is 0.452.